The summed E-state index contributed by atoms with van der Waals surface area (Å²) in [6.45, 7) is 2.18. The minimum absolute atomic E-state index is 0.379. The van der Waals surface area contributed by atoms with E-state index in [9.17, 15) is 0 Å². The lowest BCUT2D eigenvalue weighted by Crippen LogP contribution is -1.92. The summed E-state index contributed by atoms with van der Waals surface area (Å²) in [7, 11) is 0. The molecule has 0 aliphatic rings. The van der Waals surface area contributed by atoms with Gasteiger partial charge in [-0.05, 0) is 18.9 Å². The van der Waals surface area contributed by atoms with Crippen LogP contribution < -0.4 is 5.73 Å². The zero-order valence-electron chi connectivity index (χ0n) is 10.0. The first-order valence-corrected chi connectivity index (χ1v) is 5.97. The summed E-state index contributed by atoms with van der Waals surface area (Å²) < 4.78 is 5.08. The lowest BCUT2D eigenvalue weighted by Gasteiger charge is -2.01. The summed E-state index contributed by atoms with van der Waals surface area (Å²) in [6, 6.07) is 3.86. The highest BCUT2D eigenvalue weighted by atomic mass is 16.5. The van der Waals surface area contributed by atoms with E-state index < -0.39 is 0 Å². The highest BCUT2D eigenvalue weighted by molar-refractivity contribution is 5.74. The second-order valence-electron chi connectivity index (χ2n) is 4.07. The molecule has 0 unspecified atom stereocenters. The van der Waals surface area contributed by atoms with Gasteiger partial charge in [0.15, 0.2) is 0 Å². The van der Waals surface area contributed by atoms with Crippen molar-refractivity contribution in [1.82, 2.24) is 10.1 Å². The quantitative estimate of drug-likeness (QED) is 0.803. The number of aromatic nitrogens is 2. The number of nitrogens with two attached hydrogens (primary N) is 1. The van der Waals surface area contributed by atoms with Crippen molar-refractivity contribution in [2.45, 2.75) is 32.6 Å². The maximum absolute atomic E-state index is 5.82. The van der Waals surface area contributed by atoms with E-state index in [0.717, 1.165) is 29.7 Å². The summed E-state index contributed by atoms with van der Waals surface area (Å²) >= 11 is 0. The SMILES string of the molecule is CCCCCc1noc(N)c1-c1cccnc1. The van der Waals surface area contributed by atoms with Gasteiger partial charge in [0, 0.05) is 18.0 Å². The van der Waals surface area contributed by atoms with E-state index in [0.29, 0.717) is 5.88 Å². The first-order valence-electron chi connectivity index (χ1n) is 5.97. The van der Waals surface area contributed by atoms with Crippen molar-refractivity contribution in [3.63, 3.8) is 0 Å². The second kappa shape index (κ2) is 5.48. The Labute approximate surface area is 101 Å². The van der Waals surface area contributed by atoms with Gasteiger partial charge in [-0.25, -0.2) is 0 Å². The largest absolute Gasteiger partial charge is 0.367 e. The van der Waals surface area contributed by atoms with E-state index in [1.807, 2.05) is 12.1 Å². The molecule has 0 radical (unpaired) electrons. The topological polar surface area (TPSA) is 64.9 Å². The molecule has 0 saturated carbocycles. The molecular weight excluding hydrogens is 214 g/mol. The molecule has 0 spiro atoms. The minimum Gasteiger partial charge on any atom is -0.367 e. The summed E-state index contributed by atoms with van der Waals surface area (Å²) in [5.41, 5.74) is 8.62. The monoisotopic (exact) mass is 231 g/mol. The van der Waals surface area contributed by atoms with E-state index >= 15 is 0 Å². The Kier molecular flexibility index (Phi) is 3.75. The lowest BCUT2D eigenvalue weighted by molar-refractivity contribution is 0.426. The molecule has 17 heavy (non-hydrogen) atoms. The minimum atomic E-state index is 0.379. The van der Waals surface area contributed by atoms with Crippen LogP contribution in [0.1, 0.15) is 31.9 Å². The van der Waals surface area contributed by atoms with Crippen molar-refractivity contribution < 1.29 is 4.52 Å². The van der Waals surface area contributed by atoms with E-state index in [2.05, 4.69) is 17.1 Å². The fourth-order valence-corrected chi connectivity index (χ4v) is 1.87. The van der Waals surface area contributed by atoms with Crippen molar-refractivity contribution in [2.75, 3.05) is 5.73 Å². The zero-order chi connectivity index (χ0) is 12.1. The fraction of sp³-hybridized carbons (Fsp3) is 0.385. The third-order valence-corrected chi connectivity index (χ3v) is 2.76. The van der Waals surface area contributed by atoms with Gasteiger partial charge in [0.05, 0.1) is 11.3 Å². The maximum atomic E-state index is 5.82. The molecule has 2 N–H and O–H groups in total. The number of nitrogens with zero attached hydrogens (tertiary/aromatic N) is 2. The standard InChI is InChI=1S/C13H17N3O/c1-2-3-4-7-11-12(13(14)17-16-11)10-6-5-8-15-9-10/h5-6,8-9H,2-4,7,14H2,1H3. The Morgan fingerprint density at radius 3 is 2.94 bits per heavy atom. The van der Waals surface area contributed by atoms with Crippen molar-refractivity contribution in [2.24, 2.45) is 0 Å². The normalized spacial score (nSPS) is 10.6. The number of unbranched alkanes of at least 4 members (excludes halogenated alkanes) is 2. The van der Waals surface area contributed by atoms with Crippen molar-refractivity contribution in [3.05, 3.63) is 30.2 Å². The number of nitrogen functional groups attached to an aromatic ring is 1. The highest BCUT2D eigenvalue weighted by Crippen LogP contribution is 2.29. The van der Waals surface area contributed by atoms with Crippen LogP contribution in [-0.4, -0.2) is 10.1 Å². The van der Waals surface area contributed by atoms with E-state index in [4.69, 9.17) is 10.3 Å². The Morgan fingerprint density at radius 2 is 2.24 bits per heavy atom. The molecule has 0 saturated heterocycles. The van der Waals surface area contributed by atoms with Gasteiger partial charge in [0.2, 0.25) is 5.88 Å². The van der Waals surface area contributed by atoms with Gasteiger partial charge in [0.1, 0.15) is 0 Å². The molecule has 0 aliphatic carbocycles. The Hall–Kier alpha value is -1.84. The molecule has 2 aromatic rings. The van der Waals surface area contributed by atoms with Crippen LogP contribution in [-0.2, 0) is 6.42 Å². The summed E-state index contributed by atoms with van der Waals surface area (Å²) in [5, 5.41) is 4.04. The summed E-state index contributed by atoms with van der Waals surface area (Å²) in [6.07, 6.45) is 7.92. The molecule has 4 heteroatoms. The van der Waals surface area contributed by atoms with Gasteiger partial charge >= 0.3 is 0 Å². The van der Waals surface area contributed by atoms with Gasteiger partial charge in [-0.15, -0.1) is 0 Å². The summed E-state index contributed by atoms with van der Waals surface area (Å²) in [4.78, 5) is 4.09. The van der Waals surface area contributed by atoms with Gasteiger partial charge in [-0.2, -0.15) is 0 Å². The molecule has 90 valence electrons. The molecule has 0 fully saturated rings. The van der Waals surface area contributed by atoms with Crippen LogP contribution in [0.15, 0.2) is 29.0 Å². The molecule has 2 rings (SSSR count). The van der Waals surface area contributed by atoms with Crippen LogP contribution in [0.2, 0.25) is 0 Å². The highest BCUT2D eigenvalue weighted by Gasteiger charge is 2.15. The first kappa shape index (κ1) is 11.6. The van der Waals surface area contributed by atoms with Crippen molar-refractivity contribution in [3.8, 4) is 11.1 Å². The number of rotatable bonds is 5. The van der Waals surface area contributed by atoms with Gasteiger partial charge < -0.3 is 10.3 Å². The second-order valence-corrected chi connectivity index (χ2v) is 4.07. The van der Waals surface area contributed by atoms with Crippen molar-refractivity contribution >= 4 is 5.88 Å². The number of hydrogen-bond acceptors (Lipinski definition) is 4. The van der Waals surface area contributed by atoms with Gasteiger partial charge in [0.25, 0.3) is 0 Å². The molecule has 0 bridgehead atoms. The van der Waals surface area contributed by atoms with Gasteiger partial charge in [-0.3, -0.25) is 4.98 Å². The zero-order valence-corrected chi connectivity index (χ0v) is 10.0. The molecule has 2 aromatic heterocycles. The number of hydrogen-bond donors (Lipinski definition) is 1. The molecule has 0 aromatic carbocycles. The molecule has 0 atom stereocenters. The predicted molar refractivity (Wildman–Crippen MR) is 67.4 cm³/mol. The Morgan fingerprint density at radius 1 is 1.35 bits per heavy atom. The van der Waals surface area contributed by atoms with E-state index in [1.54, 1.807) is 12.4 Å². The average Bonchev–Trinajstić information content (AvgIpc) is 2.72. The third kappa shape index (κ3) is 2.64. The van der Waals surface area contributed by atoms with E-state index in [-0.39, 0.29) is 0 Å². The number of pyridine rings is 1. The van der Waals surface area contributed by atoms with Crippen LogP contribution in [0, 0.1) is 0 Å². The van der Waals surface area contributed by atoms with Gasteiger partial charge in [-0.1, -0.05) is 31.0 Å². The van der Waals surface area contributed by atoms with Crippen LogP contribution in [0.25, 0.3) is 11.1 Å². The molecule has 0 aliphatic heterocycles. The predicted octanol–water partition coefficient (Wildman–Crippen LogP) is 3.05. The molecule has 2 heterocycles. The average molecular weight is 231 g/mol. The van der Waals surface area contributed by atoms with Crippen LogP contribution in [0.3, 0.4) is 0 Å². The number of aryl methyl sites for hydroxylation is 1. The third-order valence-electron chi connectivity index (χ3n) is 2.76. The molecule has 4 nitrogen and oxygen atoms in total. The maximum Gasteiger partial charge on any atom is 0.230 e. The van der Waals surface area contributed by atoms with E-state index in [1.165, 1.54) is 12.8 Å². The molecule has 0 amide bonds. The lowest BCUT2D eigenvalue weighted by atomic mass is 10.0. The fourth-order valence-electron chi connectivity index (χ4n) is 1.87. The van der Waals surface area contributed by atoms with Crippen molar-refractivity contribution in [1.29, 1.82) is 0 Å². The Balaban J connectivity index is 2.24. The first-order chi connectivity index (χ1) is 8.33. The van der Waals surface area contributed by atoms with Crippen LogP contribution in [0.4, 0.5) is 5.88 Å². The van der Waals surface area contributed by atoms with Crippen LogP contribution >= 0.6 is 0 Å². The number of anilines is 1. The Bertz CT molecular complexity index is 465. The smallest absolute Gasteiger partial charge is 0.230 e. The molecular formula is C13H17N3O. The van der Waals surface area contributed by atoms with Crippen LogP contribution in [0.5, 0.6) is 0 Å². The summed E-state index contributed by atoms with van der Waals surface area (Å²) in [5.74, 6) is 0.379.